The summed E-state index contributed by atoms with van der Waals surface area (Å²) in [6.45, 7) is 2.97. The molecule has 8 nitrogen and oxygen atoms in total. The molecule has 1 aromatic heterocycles. The molecule has 1 amide bonds. The van der Waals surface area contributed by atoms with E-state index in [1.54, 1.807) is 7.11 Å². The van der Waals surface area contributed by atoms with Crippen LogP contribution in [0.15, 0.2) is 30.3 Å². The van der Waals surface area contributed by atoms with Crippen LogP contribution >= 0.6 is 0 Å². The standard InChI is InChI=1S/C17H25N5O3/c1-24-13-14-25-12-6-10-18-16(23)9-5-11-22-20-17(19-21-22)15-7-3-2-4-8-15/h2-4,7-8H,5-6,9-14H2,1H3,(H,18,23). The molecule has 0 radical (unpaired) electrons. The maximum atomic E-state index is 11.8. The second-order valence-corrected chi connectivity index (χ2v) is 5.49. The fraction of sp³-hybridized carbons (Fsp3) is 0.529. The predicted molar refractivity (Wildman–Crippen MR) is 92.8 cm³/mol. The average molecular weight is 347 g/mol. The molecular formula is C17H25N5O3. The van der Waals surface area contributed by atoms with Gasteiger partial charge in [0.05, 0.1) is 19.8 Å². The predicted octanol–water partition coefficient (Wildman–Crippen LogP) is 1.29. The number of tetrazole rings is 1. The van der Waals surface area contributed by atoms with Gasteiger partial charge >= 0.3 is 0 Å². The number of aromatic nitrogens is 4. The number of carbonyl (C=O) groups is 1. The number of ether oxygens (including phenoxy) is 2. The first-order valence-electron chi connectivity index (χ1n) is 8.46. The van der Waals surface area contributed by atoms with Gasteiger partial charge in [-0.1, -0.05) is 30.3 Å². The number of benzene rings is 1. The summed E-state index contributed by atoms with van der Waals surface area (Å²) >= 11 is 0. The van der Waals surface area contributed by atoms with E-state index in [9.17, 15) is 4.79 Å². The first-order chi connectivity index (χ1) is 12.3. The Labute approximate surface area is 147 Å². The Balaban J connectivity index is 1.56. The number of nitrogens with zero attached hydrogens (tertiary/aromatic N) is 4. The molecular weight excluding hydrogens is 322 g/mol. The van der Waals surface area contributed by atoms with E-state index in [-0.39, 0.29) is 5.91 Å². The molecule has 0 bridgehead atoms. The van der Waals surface area contributed by atoms with Crippen molar-refractivity contribution in [1.29, 1.82) is 0 Å². The third-order valence-electron chi connectivity index (χ3n) is 3.47. The van der Waals surface area contributed by atoms with Gasteiger partial charge in [0.15, 0.2) is 0 Å². The normalized spacial score (nSPS) is 10.8. The van der Waals surface area contributed by atoms with Crippen LogP contribution in [0.5, 0.6) is 0 Å². The maximum absolute atomic E-state index is 11.8. The van der Waals surface area contributed by atoms with E-state index in [4.69, 9.17) is 9.47 Å². The first-order valence-corrected chi connectivity index (χ1v) is 8.46. The maximum Gasteiger partial charge on any atom is 0.220 e. The Morgan fingerprint density at radius 2 is 2.00 bits per heavy atom. The molecule has 0 aliphatic carbocycles. The van der Waals surface area contributed by atoms with Gasteiger partial charge in [-0.2, -0.15) is 4.80 Å². The zero-order chi connectivity index (χ0) is 17.7. The summed E-state index contributed by atoms with van der Waals surface area (Å²) in [6.07, 6.45) is 1.90. The van der Waals surface area contributed by atoms with Gasteiger partial charge in [0, 0.05) is 32.2 Å². The van der Waals surface area contributed by atoms with Gasteiger partial charge in [0.2, 0.25) is 11.7 Å². The minimum Gasteiger partial charge on any atom is -0.382 e. The molecule has 136 valence electrons. The summed E-state index contributed by atoms with van der Waals surface area (Å²) < 4.78 is 10.2. The molecule has 25 heavy (non-hydrogen) atoms. The molecule has 1 N–H and O–H groups in total. The lowest BCUT2D eigenvalue weighted by Crippen LogP contribution is -2.25. The number of rotatable bonds is 12. The number of aryl methyl sites for hydroxylation is 1. The summed E-state index contributed by atoms with van der Waals surface area (Å²) in [5.74, 6) is 0.624. The second kappa shape index (κ2) is 11.3. The third kappa shape index (κ3) is 7.40. The van der Waals surface area contributed by atoms with Gasteiger partial charge in [-0.25, -0.2) is 0 Å². The van der Waals surface area contributed by atoms with Gasteiger partial charge in [0.25, 0.3) is 0 Å². The van der Waals surface area contributed by atoms with Crippen LogP contribution in [0, 0.1) is 0 Å². The summed E-state index contributed by atoms with van der Waals surface area (Å²) in [6, 6.07) is 9.69. The molecule has 1 heterocycles. The highest BCUT2D eigenvalue weighted by molar-refractivity contribution is 5.75. The molecule has 2 aromatic rings. The van der Waals surface area contributed by atoms with Crippen molar-refractivity contribution in [3.63, 3.8) is 0 Å². The number of hydrogen-bond acceptors (Lipinski definition) is 6. The van der Waals surface area contributed by atoms with Crippen LogP contribution in [-0.2, 0) is 20.8 Å². The molecule has 0 atom stereocenters. The molecule has 8 heteroatoms. The molecule has 0 aliphatic heterocycles. The van der Waals surface area contributed by atoms with Gasteiger partial charge in [0.1, 0.15) is 0 Å². The minimum atomic E-state index is 0.0280. The van der Waals surface area contributed by atoms with E-state index in [2.05, 4.69) is 20.7 Å². The Bertz CT molecular complexity index is 618. The van der Waals surface area contributed by atoms with Crippen LogP contribution in [0.3, 0.4) is 0 Å². The number of carbonyl (C=O) groups excluding carboxylic acids is 1. The lowest BCUT2D eigenvalue weighted by Gasteiger charge is -2.06. The average Bonchev–Trinajstić information content (AvgIpc) is 3.11. The highest BCUT2D eigenvalue weighted by Gasteiger charge is 2.06. The topological polar surface area (TPSA) is 91.2 Å². The Morgan fingerprint density at radius 3 is 2.80 bits per heavy atom. The molecule has 0 unspecified atom stereocenters. The van der Waals surface area contributed by atoms with E-state index >= 15 is 0 Å². The van der Waals surface area contributed by atoms with Crippen molar-refractivity contribution < 1.29 is 14.3 Å². The van der Waals surface area contributed by atoms with E-state index in [1.807, 2.05) is 30.3 Å². The summed E-state index contributed by atoms with van der Waals surface area (Å²) in [4.78, 5) is 13.3. The second-order valence-electron chi connectivity index (χ2n) is 5.49. The number of hydrogen-bond donors (Lipinski definition) is 1. The van der Waals surface area contributed by atoms with Gasteiger partial charge in [-0.3, -0.25) is 4.79 Å². The van der Waals surface area contributed by atoms with Crippen molar-refractivity contribution in [2.24, 2.45) is 0 Å². The van der Waals surface area contributed by atoms with E-state index in [0.717, 1.165) is 12.0 Å². The van der Waals surface area contributed by atoms with Crippen LogP contribution in [0.25, 0.3) is 11.4 Å². The number of amides is 1. The zero-order valence-corrected chi connectivity index (χ0v) is 14.6. The quantitative estimate of drug-likeness (QED) is 0.582. The van der Waals surface area contributed by atoms with Crippen LogP contribution in [0.4, 0.5) is 0 Å². The zero-order valence-electron chi connectivity index (χ0n) is 14.6. The third-order valence-corrected chi connectivity index (χ3v) is 3.47. The smallest absolute Gasteiger partial charge is 0.220 e. The van der Waals surface area contributed by atoms with E-state index < -0.39 is 0 Å². The molecule has 0 fully saturated rings. The Morgan fingerprint density at radius 1 is 1.16 bits per heavy atom. The van der Waals surface area contributed by atoms with Gasteiger partial charge in [-0.15, -0.1) is 10.2 Å². The summed E-state index contributed by atoms with van der Waals surface area (Å²) in [5.41, 5.74) is 0.930. The van der Waals surface area contributed by atoms with Crippen LogP contribution in [0.2, 0.25) is 0 Å². The fourth-order valence-corrected chi connectivity index (χ4v) is 2.16. The molecule has 0 spiro atoms. The molecule has 0 saturated carbocycles. The highest BCUT2D eigenvalue weighted by atomic mass is 16.5. The fourth-order valence-electron chi connectivity index (χ4n) is 2.16. The van der Waals surface area contributed by atoms with Crippen LogP contribution in [0.1, 0.15) is 19.3 Å². The largest absolute Gasteiger partial charge is 0.382 e. The lowest BCUT2D eigenvalue weighted by molar-refractivity contribution is -0.121. The van der Waals surface area contributed by atoms with Crippen molar-refractivity contribution in [1.82, 2.24) is 25.5 Å². The van der Waals surface area contributed by atoms with Crippen molar-refractivity contribution in [3.05, 3.63) is 30.3 Å². The lowest BCUT2D eigenvalue weighted by atomic mass is 10.2. The molecule has 1 aromatic carbocycles. The van der Waals surface area contributed by atoms with Crippen LogP contribution < -0.4 is 5.32 Å². The summed E-state index contributed by atoms with van der Waals surface area (Å²) in [7, 11) is 1.64. The molecule has 2 rings (SSSR count). The Hall–Kier alpha value is -2.32. The minimum absolute atomic E-state index is 0.0280. The monoisotopic (exact) mass is 347 g/mol. The number of methoxy groups -OCH3 is 1. The van der Waals surface area contributed by atoms with Crippen molar-refractivity contribution in [3.8, 4) is 11.4 Å². The van der Waals surface area contributed by atoms with E-state index in [1.165, 1.54) is 4.80 Å². The van der Waals surface area contributed by atoms with Crippen molar-refractivity contribution >= 4 is 5.91 Å². The summed E-state index contributed by atoms with van der Waals surface area (Å²) in [5, 5.41) is 15.3. The van der Waals surface area contributed by atoms with E-state index in [0.29, 0.717) is 51.6 Å². The number of nitrogens with one attached hydrogen (secondary N) is 1. The van der Waals surface area contributed by atoms with Crippen LogP contribution in [-0.4, -0.2) is 59.6 Å². The van der Waals surface area contributed by atoms with Crippen molar-refractivity contribution in [2.75, 3.05) is 33.5 Å². The first kappa shape index (κ1) is 19.0. The van der Waals surface area contributed by atoms with Gasteiger partial charge in [-0.05, 0) is 18.1 Å². The highest BCUT2D eigenvalue weighted by Crippen LogP contribution is 2.11. The van der Waals surface area contributed by atoms with Gasteiger partial charge < -0.3 is 14.8 Å². The Kier molecular flexibility index (Phi) is 8.57. The molecule has 0 aliphatic rings. The SMILES string of the molecule is COCCOCCCNC(=O)CCCn1nnc(-c2ccccc2)n1. The van der Waals surface area contributed by atoms with Crippen molar-refractivity contribution in [2.45, 2.75) is 25.8 Å². The molecule has 0 saturated heterocycles.